The van der Waals surface area contributed by atoms with Crippen LogP contribution in [0, 0.1) is 0 Å². The number of benzene rings is 1. The van der Waals surface area contributed by atoms with Crippen molar-refractivity contribution in [1.29, 1.82) is 0 Å². The molecule has 3 rings (SSSR count). The molecule has 1 aliphatic heterocycles. The molecule has 1 aromatic heterocycles. The molecular weight excluding hydrogens is 212 g/mol. The molecule has 4 heteroatoms. The summed E-state index contributed by atoms with van der Waals surface area (Å²) in [4.78, 5) is 1.64. The van der Waals surface area contributed by atoms with Gasteiger partial charge in [0.15, 0.2) is 6.67 Å². The van der Waals surface area contributed by atoms with Crippen LogP contribution in [0.15, 0.2) is 24.3 Å². The minimum atomic E-state index is 0.959. The number of hydrogen-bond donors (Lipinski definition) is 1. The highest BCUT2D eigenvalue weighted by molar-refractivity contribution is 5.73. The van der Waals surface area contributed by atoms with Gasteiger partial charge in [-0.3, -0.25) is 0 Å². The third kappa shape index (κ3) is 2.31. The van der Waals surface area contributed by atoms with Gasteiger partial charge < -0.3 is 4.90 Å². The maximum absolute atomic E-state index is 4.27. The predicted molar refractivity (Wildman–Crippen MR) is 66.7 cm³/mol. The van der Waals surface area contributed by atoms with Crippen LogP contribution in [-0.2, 0) is 6.67 Å². The Morgan fingerprint density at radius 3 is 2.65 bits per heavy atom. The number of hydrogen-bond acceptors (Lipinski definition) is 2. The van der Waals surface area contributed by atoms with Gasteiger partial charge in [-0.15, -0.1) is 5.10 Å². The number of likely N-dealkylation sites (tertiary alicyclic amines) is 1. The Kier molecular flexibility index (Phi) is 3.05. The van der Waals surface area contributed by atoms with Crippen molar-refractivity contribution in [3.63, 3.8) is 0 Å². The zero-order valence-electron chi connectivity index (χ0n) is 10.1. The molecular formula is C13H19N4+. The monoisotopic (exact) mass is 231 g/mol. The summed E-state index contributed by atoms with van der Waals surface area (Å²) in [6.07, 6.45) is 5.48. The quantitative estimate of drug-likeness (QED) is 0.831. The Hall–Kier alpha value is -1.42. The van der Waals surface area contributed by atoms with Gasteiger partial charge in [-0.1, -0.05) is 17.3 Å². The van der Waals surface area contributed by atoms with E-state index in [4.69, 9.17) is 0 Å². The molecule has 2 heterocycles. The van der Waals surface area contributed by atoms with E-state index in [9.17, 15) is 0 Å². The van der Waals surface area contributed by atoms with E-state index >= 15 is 0 Å². The number of para-hydroxylation sites is 1. The van der Waals surface area contributed by atoms with Gasteiger partial charge in [-0.2, -0.15) is 4.68 Å². The third-order valence-corrected chi connectivity index (χ3v) is 3.60. The van der Waals surface area contributed by atoms with Crippen LogP contribution in [0.4, 0.5) is 0 Å². The molecule has 1 N–H and O–H groups in total. The SMILES string of the molecule is c1ccc2c(c1)nnn2C[NH+]1CCCCCC1. The van der Waals surface area contributed by atoms with Crippen LogP contribution < -0.4 is 4.90 Å². The van der Waals surface area contributed by atoms with E-state index in [0.717, 1.165) is 17.7 Å². The normalized spacial score (nSPS) is 18.4. The highest BCUT2D eigenvalue weighted by Crippen LogP contribution is 2.08. The minimum absolute atomic E-state index is 0.959. The number of rotatable bonds is 2. The van der Waals surface area contributed by atoms with Crippen LogP contribution in [-0.4, -0.2) is 28.1 Å². The summed E-state index contributed by atoms with van der Waals surface area (Å²) in [5.74, 6) is 0. The summed E-state index contributed by atoms with van der Waals surface area (Å²) in [5, 5.41) is 8.47. The smallest absolute Gasteiger partial charge is 0.175 e. The molecule has 0 aliphatic carbocycles. The third-order valence-electron chi connectivity index (χ3n) is 3.60. The van der Waals surface area contributed by atoms with Crippen molar-refractivity contribution in [2.45, 2.75) is 32.4 Å². The Morgan fingerprint density at radius 1 is 1.06 bits per heavy atom. The fourth-order valence-corrected chi connectivity index (χ4v) is 2.63. The van der Waals surface area contributed by atoms with Crippen LogP contribution >= 0.6 is 0 Å². The Balaban J connectivity index is 1.79. The number of nitrogens with zero attached hydrogens (tertiary/aromatic N) is 3. The van der Waals surface area contributed by atoms with Gasteiger partial charge in [-0.05, 0) is 37.8 Å². The summed E-state index contributed by atoms with van der Waals surface area (Å²) >= 11 is 0. The second-order valence-corrected chi connectivity index (χ2v) is 4.90. The molecule has 2 aromatic rings. The lowest BCUT2D eigenvalue weighted by atomic mass is 10.2. The van der Waals surface area contributed by atoms with Crippen LogP contribution in [0.5, 0.6) is 0 Å². The first kappa shape index (κ1) is 10.7. The van der Waals surface area contributed by atoms with Crippen LogP contribution in [0.1, 0.15) is 25.7 Å². The fraction of sp³-hybridized carbons (Fsp3) is 0.538. The zero-order valence-corrected chi connectivity index (χ0v) is 10.1. The molecule has 1 aliphatic rings. The molecule has 1 aromatic carbocycles. The second kappa shape index (κ2) is 4.84. The lowest BCUT2D eigenvalue weighted by Gasteiger charge is -2.16. The number of aromatic nitrogens is 3. The van der Waals surface area contributed by atoms with E-state index in [2.05, 4.69) is 27.1 Å². The highest BCUT2D eigenvalue weighted by atomic mass is 15.5. The topological polar surface area (TPSA) is 35.1 Å². The van der Waals surface area contributed by atoms with Crippen molar-refractivity contribution < 1.29 is 4.90 Å². The van der Waals surface area contributed by atoms with Crippen LogP contribution in [0.25, 0.3) is 11.0 Å². The molecule has 0 atom stereocenters. The first-order valence-corrected chi connectivity index (χ1v) is 6.55. The Bertz CT molecular complexity index is 483. The van der Waals surface area contributed by atoms with Gasteiger partial charge in [0.1, 0.15) is 5.52 Å². The molecule has 0 saturated carbocycles. The molecule has 0 unspecified atom stereocenters. The van der Waals surface area contributed by atoms with Crippen molar-refractivity contribution in [1.82, 2.24) is 15.0 Å². The average molecular weight is 231 g/mol. The van der Waals surface area contributed by atoms with Crippen molar-refractivity contribution in [2.24, 2.45) is 0 Å². The molecule has 1 saturated heterocycles. The fourth-order valence-electron chi connectivity index (χ4n) is 2.63. The number of quaternary nitrogens is 1. The molecule has 4 nitrogen and oxygen atoms in total. The molecule has 0 spiro atoms. The van der Waals surface area contributed by atoms with Crippen molar-refractivity contribution in [2.75, 3.05) is 13.1 Å². The van der Waals surface area contributed by atoms with Crippen LogP contribution in [0.3, 0.4) is 0 Å². The van der Waals surface area contributed by atoms with E-state index < -0.39 is 0 Å². The van der Waals surface area contributed by atoms with Gasteiger partial charge in [0.25, 0.3) is 0 Å². The van der Waals surface area contributed by atoms with Gasteiger partial charge >= 0.3 is 0 Å². The van der Waals surface area contributed by atoms with E-state index in [1.165, 1.54) is 38.8 Å². The standard InChI is InChI=1S/C13H18N4/c1-2-6-10-16(9-5-1)11-17-13-8-4-3-7-12(13)14-15-17/h3-4,7-8H,1-2,5-6,9-11H2/p+1. The molecule has 17 heavy (non-hydrogen) atoms. The lowest BCUT2D eigenvalue weighted by Crippen LogP contribution is -3.11. The lowest BCUT2D eigenvalue weighted by molar-refractivity contribution is -0.922. The summed E-state index contributed by atoms with van der Waals surface area (Å²) < 4.78 is 2.05. The zero-order chi connectivity index (χ0) is 11.5. The van der Waals surface area contributed by atoms with E-state index in [1.54, 1.807) is 4.90 Å². The summed E-state index contributed by atoms with van der Waals surface area (Å²) in [7, 11) is 0. The first-order valence-electron chi connectivity index (χ1n) is 6.55. The van der Waals surface area contributed by atoms with E-state index in [1.807, 2.05) is 12.1 Å². The second-order valence-electron chi connectivity index (χ2n) is 4.90. The molecule has 1 fully saturated rings. The molecule has 90 valence electrons. The Labute approximate surface area is 101 Å². The maximum Gasteiger partial charge on any atom is 0.175 e. The summed E-state index contributed by atoms with van der Waals surface area (Å²) in [5.41, 5.74) is 2.16. The molecule has 0 radical (unpaired) electrons. The van der Waals surface area contributed by atoms with E-state index in [-0.39, 0.29) is 0 Å². The largest absolute Gasteiger partial charge is 0.316 e. The number of nitrogens with one attached hydrogen (secondary N) is 1. The van der Waals surface area contributed by atoms with Gasteiger partial charge in [0, 0.05) is 0 Å². The average Bonchev–Trinajstić information content (AvgIpc) is 2.59. The van der Waals surface area contributed by atoms with Crippen molar-refractivity contribution >= 4 is 11.0 Å². The number of fused-ring (bicyclic) bond motifs is 1. The predicted octanol–water partition coefficient (Wildman–Crippen LogP) is 0.848. The van der Waals surface area contributed by atoms with Gasteiger partial charge in [-0.25, -0.2) is 0 Å². The van der Waals surface area contributed by atoms with Gasteiger partial charge in [0.05, 0.1) is 18.6 Å². The van der Waals surface area contributed by atoms with Crippen molar-refractivity contribution in [3.8, 4) is 0 Å². The van der Waals surface area contributed by atoms with Crippen molar-refractivity contribution in [3.05, 3.63) is 24.3 Å². The first-order chi connectivity index (χ1) is 8.43. The van der Waals surface area contributed by atoms with E-state index in [0.29, 0.717) is 0 Å². The maximum atomic E-state index is 4.27. The van der Waals surface area contributed by atoms with Crippen LogP contribution in [0.2, 0.25) is 0 Å². The summed E-state index contributed by atoms with van der Waals surface area (Å²) in [6.45, 7) is 3.50. The van der Waals surface area contributed by atoms with Gasteiger partial charge in [0.2, 0.25) is 0 Å². The Morgan fingerprint density at radius 2 is 1.82 bits per heavy atom. The molecule has 0 amide bonds. The summed E-state index contributed by atoms with van der Waals surface area (Å²) in [6, 6.07) is 8.20. The minimum Gasteiger partial charge on any atom is -0.316 e. The highest BCUT2D eigenvalue weighted by Gasteiger charge is 2.14. The molecule has 0 bridgehead atoms.